The highest BCUT2D eigenvalue weighted by Gasteiger charge is 2.33. The van der Waals surface area contributed by atoms with E-state index in [1.165, 1.54) is 22.4 Å². The molecule has 0 bridgehead atoms. The van der Waals surface area contributed by atoms with Crippen LogP contribution in [0.1, 0.15) is 12.0 Å². The Bertz CT molecular complexity index is 905. The fraction of sp³-hybridized carbons (Fsp3) is 0.391. The molecule has 3 atom stereocenters. The minimum atomic E-state index is 0.483. The number of methoxy groups -OCH3 is 2. The molecule has 0 saturated carbocycles. The molecule has 26 heavy (non-hydrogen) atoms. The smallest absolute Gasteiger partial charge is 0.126 e. The van der Waals surface area contributed by atoms with Crippen LogP contribution in [0.15, 0.2) is 42.5 Å². The van der Waals surface area contributed by atoms with Gasteiger partial charge < -0.3 is 9.47 Å². The summed E-state index contributed by atoms with van der Waals surface area (Å²) in [5, 5.41) is 2.55. The third kappa shape index (κ3) is 3.24. The Morgan fingerprint density at radius 3 is 2.69 bits per heavy atom. The molecule has 0 spiro atoms. The molecule has 0 aromatic heterocycles. The Morgan fingerprint density at radius 2 is 1.88 bits per heavy atom. The fourth-order valence-corrected chi connectivity index (χ4v) is 4.61. The molecule has 2 aromatic carbocycles. The summed E-state index contributed by atoms with van der Waals surface area (Å²) in [4.78, 5) is 2.51. The second-order valence-corrected chi connectivity index (χ2v) is 7.55. The summed E-state index contributed by atoms with van der Waals surface area (Å²) in [5.74, 6) is 3.11. The van der Waals surface area contributed by atoms with Crippen molar-refractivity contribution in [3.63, 3.8) is 0 Å². The van der Waals surface area contributed by atoms with Crippen molar-refractivity contribution < 1.29 is 9.47 Å². The van der Waals surface area contributed by atoms with E-state index >= 15 is 0 Å². The normalized spacial score (nSPS) is 24.7. The highest BCUT2D eigenvalue weighted by Crippen LogP contribution is 2.32. The molecule has 1 fully saturated rings. The second kappa shape index (κ2) is 7.16. The molecule has 0 N–H and O–H groups in total. The molecule has 0 unspecified atom stereocenters. The van der Waals surface area contributed by atoms with Gasteiger partial charge in [-0.25, -0.2) is 0 Å². The highest BCUT2D eigenvalue weighted by molar-refractivity contribution is 5.50. The Labute approximate surface area is 155 Å². The minimum absolute atomic E-state index is 0.483. The fourth-order valence-electron chi connectivity index (χ4n) is 4.61. The van der Waals surface area contributed by atoms with Gasteiger partial charge in [0.2, 0.25) is 0 Å². The zero-order valence-corrected chi connectivity index (χ0v) is 15.8. The van der Waals surface area contributed by atoms with Crippen molar-refractivity contribution in [2.45, 2.75) is 18.9 Å². The molecule has 0 radical (unpaired) electrons. The van der Waals surface area contributed by atoms with E-state index in [0.717, 1.165) is 24.5 Å². The van der Waals surface area contributed by atoms with Crippen molar-refractivity contribution in [2.75, 3.05) is 27.8 Å². The van der Waals surface area contributed by atoms with Crippen molar-refractivity contribution in [2.24, 2.45) is 11.8 Å². The number of fused-ring (bicyclic) bond motifs is 2. The molecule has 3 nitrogen and oxygen atoms in total. The molecule has 1 saturated heterocycles. The van der Waals surface area contributed by atoms with Crippen LogP contribution < -0.4 is 19.9 Å². The first-order valence-corrected chi connectivity index (χ1v) is 9.38. The van der Waals surface area contributed by atoms with Crippen LogP contribution >= 0.6 is 0 Å². The standard InChI is InChI=1S/C23H27NO2/c1-24-15-17(10-16-6-4-8-20(12-16)25-2)11-19-13-21-18(14-22(19)24)7-5-9-23(21)26-3/h4-9,12-14,17,19,22H,10-11,15H2,1-3H3/t17-,19-,22-/m0/s1. The van der Waals surface area contributed by atoms with Crippen molar-refractivity contribution in [1.29, 1.82) is 0 Å². The van der Waals surface area contributed by atoms with Gasteiger partial charge in [-0.3, -0.25) is 4.90 Å². The van der Waals surface area contributed by atoms with Crippen molar-refractivity contribution in [3.8, 4) is 11.5 Å². The summed E-state index contributed by atoms with van der Waals surface area (Å²) in [5.41, 5.74) is 1.36. The highest BCUT2D eigenvalue weighted by atomic mass is 16.5. The lowest BCUT2D eigenvalue weighted by atomic mass is 9.78. The average molecular weight is 349 g/mol. The largest absolute Gasteiger partial charge is 0.497 e. The van der Waals surface area contributed by atoms with Crippen LogP contribution in [0.5, 0.6) is 11.5 Å². The van der Waals surface area contributed by atoms with E-state index in [1.54, 1.807) is 14.2 Å². The first-order chi connectivity index (χ1) is 12.7. The number of hydrogen-bond donors (Lipinski definition) is 0. The first kappa shape index (κ1) is 17.2. The lowest BCUT2D eigenvalue weighted by molar-refractivity contribution is 0.144. The van der Waals surface area contributed by atoms with E-state index in [0.29, 0.717) is 17.9 Å². The van der Waals surface area contributed by atoms with E-state index in [4.69, 9.17) is 9.47 Å². The number of nitrogens with zero attached hydrogens (tertiary/aromatic N) is 1. The zero-order chi connectivity index (χ0) is 18.1. The third-order valence-electron chi connectivity index (χ3n) is 5.81. The number of piperidine rings is 1. The molecule has 3 heteroatoms. The molecule has 2 aliphatic rings. The van der Waals surface area contributed by atoms with Gasteiger partial charge in [-0.1, -0.05) is 36.4 Å². The maximum absolute atomic E-state index is 5.59. The Morgan fingerprint density at radius 1 is 1.04 bits per heavy atom. The lowest BCUT2D eigenvalue weighted by Gasteiger charge is -2.42. The van der Waals surface area contributed by atoms with Gasteiger partial charge in [-0.2, -0.15) is 0 Å². The summed E-state index contributed by atoms with van der Waals surface area (Å²) in [7, 11) is 5.74. The third-order valence-corrected chi connectivity index (χ3v) is 5.81. The molecule has 136 valence electrons. The predicted molar refractivity (Wildman–Crippen MR) is 106 cm³/mol. The number of likely N-dealkylation sites (tertiary alicyclic amines) is 1. The van der Waals surface area contributed by atoms with Crippen LogP contribution in [0.3, 0.4) is 0 Å². The number of benzene rings is 2. The van der Waals surface area contributed by atoms with Crippen LogP contribution in [0.25, 0.3) is 12.2 Å². The average Bonchev–Trinajstić information content (AvgIpc) is 2.66. The van der Waals surface area contributed by atoms with Crippen LogP contribution in [-0.4, -0.2) is 38.8 Å². The monoisotopic (exact) mass is 349 g/mol. The molecule has 1 aliphatic carbocycles. The van der Waals surface area contributed by atoms with Gasteiger partial charge in [0.05, 0.1) is 14.2 Å². The Hall–Kier alpha value is -2.26. The lowest BCUT2D eigenvalue weighted by Crippen LogP contribution is -2.49. The van der Waals surface area contributed by atoms with Gasteiger partial charge >= 0.3 is 0 Å². The van der Waals surface area contributed by atoms with Crippen molar-refractivity contribution in [1.82, 2.24) is 4.90 Å². The molecule has 2 aromatic rings. The van der Waals surface area contributed by atoms with Gasteiger partial charge in [0.15, 0.2) is 0 Å². The van der Waals surface area contributed by atoms with Gasteiger partial charge in [0, 0.05) is 17.8 Å². The Kier molecular flexibility index (Phi) is 4.73. The predicted octanol–water partition coefficient (Wildman–Crippen LogP) is 2.46. The summed E-state index contributed by atoms with van der Waals surface area (Å²) in [6.45, 7) is 1.13. The first-order valence-electron chi connectivity index (χ1n) is 9.38. The van der Waals surface area contributed by atoms with E-state index in [2.05, 4.69) is 60.5 Å². The summed E-state index contributed by atoms with van der Waals surface area (Å²) in [6.07, 6.45) is 7.16. The van der Waals surface area contributed by atoms with Gasteiger partial charge in [0.25, 0.3) is 0 Å². The molecular weight excluding hydrogens is 322 g/mol. The maximum Gasteiger partial charge on any atom is 0.126 e. The van der Waals surface area contributed by atoms with Gasteiger partial charge in [-0.15, -0.1) is 0 Å². The van der Waals surface area contributed by atoms with Crippen LogP contribution in [0.2, 0.25) is 0 Å². The molecular formula is C23H27NO2. The SMILES string of the molecule is COc1cccc(C[C@H]2C[C@H]3C=c4c(OC)cccc4=C[C@@H]3N(C)C2)c1. The maximum atomic E-state index is 5.59. The quantitative estimate of drug-likeness (QED) is 0.846. The van der Waals surface area contributed by atoms with Crippen molar-refractivity contribution >= 4 is 12.2 Å². The summed E-state index contributed by atoms with van der Waals surface area (Å²) >= 11 is 0. The van der Waals surface area contributed by atoms with E-state index in [9.17, 15) is 0 Å². The van der Waals surface area contributed by atoms with Crippen LogP contribution in [0, 0.1) is 11.8 Å². The molecule has 4 rings (SSSR count). The van der Waals surface area contributed by atoms with E-state index in [1.807, 2.05) is 6.07 Å². The molecule has 1 aliphatic heterocycles. The number of hydrogen-bond acceptors (Lipinski definition) is 3. The van der Waals surface area contributed by atoms with E-state index in [-0.39, 0.29) is 0 Å². The van der Waals surface area contributed by atoms with Gasteiger partial charge in [-0.05, 0) is 60.7 Å². The number of rotatable bonds is 4. The summed E-state index contributed by atoms with van der Waals surface area (Å²) in [6, 6.07) is 15.3. The summed E-state index contributed by atoms with van der Waals surface area (Å²) < 4.78 is 11.0. The molecule has 1 heterocycles. The topological polar surface area (TPSA) is 21.7 Å². The zero-order valence-electron chi connectivity index (χ0n) is 15.8. The second-order valence-electron chi connectivity index (χ2n) is 7.55. The van der Waals surface area contributed by atoms with Crippen LogP contribution in [0.4, 0.5) is 0 Å². The minimum Gasteiger partial charge on any atom is -0.497 e. The van der Waals surface area contributed by atoms with Crippen molar-refractivity contribution in [3.05, 3.63) is 58.5 Å². The number of ether oxygens (including phenoxy) is 2. The molecule has 0 amide bonds. The van der Waals surface area contributed by atoms with Crippen LogP contribution in [-0.2, 0) is 6.42 Å². The Balaban J connectivity index is 1.60. The van der Waals surface area contributed by atoms with Gasteiger partial charge in [0.1, 0.15) is 11.5 Å². The van der Waals surface area contributed by atoms with E-state index < -0.39 is 0 Å².